The number of fused-ring (bicyclic) bond motifs is 2. The molecule has 4 rings (SSSR count). The largest absolute Gasteiger partial charge is 0.384 e. The number of hydrogen-bond acceptors (Lipinski definition) is 7. The van der Waals surface area contributed by atoms with Crippen LogP contribution in [0.3, 0.4) is 0 Å². The highest BCUT2D eigenvalue weighted by molar-refractivity contribution is 8.24. The fourth-order valence-corrected chi connectivity index (χ4v) is 5.24. The summed E-state index contributed by atoms with van der Waals surface area (Å²) in [6.07, 6.45) is 0.828. The summed E-state index contributed by atoms with van der Waals surface area (Å²) in [4.78, 5) is 7.52. The van der Waals surface area contributed by atoms with Crippen LogP contribution in [-0.4, -0.2) is 39.5 Å². The van der Waals surface area contributed by atoms with E-state index in [2.05, 4.69) is 16.3 Å². The lowest BCUT2D eigenvalue weighted by Crippen LogP contribution is -2.26. The van der Waals surface area contributed by atoms with E-state index >= 15 is 0 Å². The zero-order valence-electron chi connectivity index (χ0n) is 16.6. The van der Waals surface area contributed by atoms with E-state index in [1.165, 1.54) is 0 Å². The van der Waals surface area contributed by atoms with Gasteiger partial charge in [-0.2, -0.15) is 15.9 Å². The topological polar surface area (TPSA) is 118 Å². The van der Waals surface area contributed by atoms with E-state index in [4.69, 9.17) is 10.7 Å². The summed E-state index contributed by atoms with van der Waals surface area (Å²) in [6, 6.07) is 17.1. The third kappa shape index (κ3) is 4.06. The molecule has 0 unspecified atom stereocenters. The molecule has 0 amide bonds. The Balaban J connectivity index is 1.76. The number of benzene rings is 2. The molecular formula is C22H25N5O2S. The van der Waals surface area contributed by atoms with Crippen LogP contribution in [0, 0.1) is 11.3 Å². The molecule has 2 heterocycles. The van der Waals surface area contributed by atoms with Crippen LogP contribution < -0.4 is 16.0 Å². The summed E-state index contributed by atoms with van der Waals surface area (Å²) < 4.78 is 21.3. The standard InChI is InChI=1S/C22H25N5O2S/c23-8-3-9-25-20-13-22(26-19-7-6-16(14-24)12-18(19)20)27-10-11-30(28,29)21-5-2-1-4-17(21)15-27/h1-2,4-7,12-13,28-29H,3,8-11,15,23H2,(H,25,26). The van der Waals surface area contributed by atoms with Crippen LogP contribution in [0.5, 0.6) is 0 Å². The molecule has 156 valence electrons. The average molecular weight is 424 g/mol. The minimum Gasteiger partial charge on any atom is -0.384 e. The van der Waals surface area contributed by atoms with Gasteiger partial charge in [0.2, 0.25) is 0 Å². The second-order valence-electron chi connectivity index (χ2n) is 7.34. The van der Waals surface area contributed by atoms with Gasteiger partial charge in [0.25, 0.3) is 0 Å². The van der Waals surface area contributed by atoms with Crippen LogP contribution in [0.2, 0.25) is 0 Å². The molecule has 0 radical (unpaired) electrons. The van der Waals surface area contributed by atoms with Gasteiger partial charge in [-0.1, -0.05) is 18.2 Å². The van der Waals surface area contributed by atoms with E-state index in [0.717, 1.165) is 40.9 Å². The number of aromatic nitrogens is 1. The second-order valence-corrected chi connectivity index (χ2v) is 9.52. The van der Waals surface area contributed by atoms with Crippen LogP contribution in [-0.2, 0) is 6.54 Å². The Kier molecular flexibility index (Phi) is 5.79. The molecule has 2 aromatic carbocycles. The first-order valence-corrected chi connectivity index (χ1v) is 11.6. The number of pyridine rings is 1. The highest BCUT2D eigenvalue weighted by atomic mass is 32.3. The summed E-state index contributed by atoms with van der Waals surface area (Å²) in [5.41, 5.74) is 8.79. The summed E-state index contributed by atoms with van der Waals surface area (Å²) in [6.45, 7) is 2.33. The number of rotatable bonds is 5. The molecule has 0 saturated heterocycles. The van der Waals surface area contributed by atoms with Crippen molar-refractivity contribution in [2.45, 2.75) is 17.9 Å². The van der Waals surface area contributed by atoms with Crippen LogP contribution >= 0.6 is 10.6 Å². The van der Waals surface area contributed by atoms with Gasteiger partial charge in [-0.05, 0) is 42.8 Å². The fraction of sp³-hybridized carbons (Fsp3) is 0.273. The number of nitrogens with one attached hydrogen (secondary N) is 1. The van der Waals surface area contributed by atoms with Gasteiger partial charge >= 0.3 is 0 Å². The first-order valence-electron chi connectivity index (χ1n) is 9.89. The predicted octanol–water partition coefficient (Wildman–Crippen LogP) is 4.00. The first kappa shape index (κ1) is 20.4. The van der Waals surface area contributed by atoms with E-state index in [0.29, 0.717) is 30.1 Å². The summed E-state index contributed by atoms with van der Waals surface area (Å²) in [5, 5.41) is 13.6. The van der Waals surface area contributed by atoms with Crippen molar-refractivity contribution < 1.29 is 9.11 Å². The summed E-state index contributed by atoms with van der Waals surface area (Å²) in [7, 11) is -2.83. The third-order valence-electron chi connectivity index (χ3n) is 5.28. The number of hydrogen-bond donors (Lipinski definition) is 4. The SMILES string of the molecule is N#Cc1ccc2nc(N3CCS(O)(O)c4ccccc4C3)cc(NCCCN)c2c1. The van der Waals surface area contributed by atoms with Crippen molar-refractivity contribution in [3.05, 3.63) is 59.7 Å². The number of nitrogens with zero attached hydrogens (tertiary/aromatic N) is 3. The Bertz CT molecular complexity index is 1110. The molecule has 8 heteroatoms. The normalized spacial score (nSPS) is 16.4. The van der Waals surface area contributed by atoms with Crippen LogP contribution in [0.25, 0.3) is 10.9 Å². The third-order valence-corrected chi connectivity index (χ3v) is 7.13. The van der Waals surface area contributed by atoms with Crippen molar-refractivity contribution >= 4 is 33.0 Å². The maximum absolute atomic E-state index is 10.6. The van der Waals surface area contributed by atoms with Crippen molar-refractivity contribution in [3.63, 3.8) is 0 Å². The Morgan fingerprint density at radius 3 is 2.83 bits per heavy atom. The molecule has 30 heavy (non-hydrogen) atoms. The maximum atomic E-state index is 10.6. The molecule has 1 aliphatic heterocycles. The van der Waals surface area contributed by atoms with Gasteiger partial charge in [0, 0.05) is 36.8 Å². The van der Waals surface area contributed by atoms with Crippen molar-refractivity contribution in [2.24, 2.45) is 5.73 Å². The molecule has 0 fully saturated rings. The van der Waals surface area contributed by atoms with Gasteiger partial charge in [0.15, 0.2) is 0 Å². The van der Waals surface area contributed by atoms with Gasteiger partial charge in [-0.15, -0.1) is 0 Å². The predicted molar refractivity (Wildman–Crippen MR) is 122 cm³/mol. The molecule has 1 aromatic heterocycles. The molecule has 1 aliphatic rings. The molecule has 7 nitrogen and oxygen atoms in total. The van der Waals surface area contributed by atoms with Gasteiger partial charge in [0.1, 0.15) is 5.82 Å². The van der Waals surface area contributed by atoms with Crippen molar-refractivity contribution in [3.8, 4) is 6.07 Å². The number of anilines is 2. The van der Waals surface area contributed by atoms with Crippen molar-refractivity contribution in [2.75, 3.05) is 35.6 Å². The van der Waals surface area contributed by atoms with Gasteiger partial charge in [-0.3, -0.25) is 9.11 Å². The Hall–Kier alpha value is -2.83. The summed E-state index contributed by atoms with van der Waals surface area (Å²) >= 11 is 0. The molecule has 5 N–H and O–H groups in total. The fourth-order valence-electron chi connectivity index (χ4n) is 3.70. The highest BCUT2D eigenvalue weighted by Crippen LogP contribution is 2.51. The molecule has 3 aromatic rings. The Labute approximate surface area is 177 Å². The van der Waals surface area contributed by atoms with Gasteiger partial charge in [-0.25, -0.2) is 4.98 Å². The monoisotopic (exact) mass is 423 g/mol. The second kappa shape index (κ2) is 8.50. The Morgan fingerprint density at radius 2 is 2.03 bits per heavy atom. The maximum Gasteiger partial charge on any atom is 0.131 e. The van der Waals surface area contributed by atoms with E-state index in [-0.39, 0.29) is 5.75 Å². The van der Waals surface area contributed by atoms with E-state index in [9.17, 15) is 14.4 Å². The van der Waals surface area contributed by atoms with Crippen LogP contribution in [0.1, 0.15) is 17.5 Å². The quantitative estimate of drug-likeness (QED) is 0.458. The van der Waals surface area contributed by atoms with Crippen LogP contribution in [0.4, 0.5) is 11.5 Å². The number of nitrogens with two attached hydrogens (primary N) is 1. The Morgan fingerprint density at radius 1 is 1.20 bits per heavy atom. The average Bonchev–Trinajstić information content (AvgIpc) is 2.89. The van der Waals surface area contributed by atoms with Gasteiger partial charge < -0.3 is 16.0 Å². The van der Waals surface area contributed by atoms with E-state index in [1.54, 1.807) is 12.1 Å². The van der Waals surface area contributed by atoms with E-state index in [1.807, 2.05) is 36.4 Å². The smallest absolute Gasteiger partial charge is 0.131 e. The molecule has 0 spiro atoms. The van der Waals surface area contributed by atoms with Crippen LogP contribution in [0.15, 0.2) is 53.4 Å². The molecular weight excluding hydrogens is 398 g/mol. The van der Waals surface area contributed by atoms with Gasteiger partial charge in [0.05, 0.1) is 27.8 Å². The molecule has 0 atom stereocenters. The van der Waals surface area contributed by atoms with Crippen molar-refractivity contribution in [1.29, 1.82) is 5.26 Å². The zero-order chi connectivity index (χ0) is 21.1. The minimum absolute atomic E-state index is 0.257. The van der Waals surface area contributed by atoms with Crippen molar-refractivity contribution in [1.82, 2.24) is 4.98 Å². The summed E-state index contributed by atoms with van der Waals surface area (Å²) in [5.74, 6) is 1.02. The van der Waals surface area contributed by atoms with E-state index < -0.39 is 10.6 Å². The lowest BCUT2D eigenvalue weighted by molar-refractivity contribution is 0.488. The first-order chi connectivity index (χ1) is 14.5. The zero-order valence-corrected chi connectivity index (χ0v) is 17.4. The minimum atomic E-state index is -2.83. The lowest BCUT2D eigenvalue weighted by atomic mass is 10.1. The highest BCUT2D eigenvalue weighted by Gasteiger charge is 2.26. The lowest BCUT2D eigenvalue weighted by Gasteiger charge is -2.32. The number of nitriles is 1. The molecule has 0 aliphatic carbocycles. The molecule has 0 saturated carbocycles. The molecule has 0 bridgehead atoms.